The molecule has 144 valence electrons. The van der Waals surface area contributed by atoms with E-state index >= 15 is 0 Å². The Morgan fingerprint density at radius 2 is 1.89 bits per heavy atom. The zero-order chi connectivity index (χ0) is 19.3. The van der Waals surface area contributed by atoms with Crippen molar-refractivity contribution in [3.63, 3.8) is 0 Å². The second-order valence-corrected chi connectivity index (χ2v) is 7.24. The number of para-hydroxylation sites is 1. The van der Waals surface area contributed by atoms with Gasteiger partial charge in [-0.1, -0.05) is 29.8 Å². The molecular weight excluding hydrogens is 348 g/mol. The predicted octanol–water partition coefficient (Wildman–Crippen LogP) is 4.59. The first kappa shape index (κ1) is 18.3. The lowest BCUT2D eigenvalue weighted by Crippen LogP contribution is -2.26. The maximum Gasteiger partial charge on any atom is 0.257 e. The Kier molecular flexibility index (Phi) is 5.42. The summed E-state index contributed by atoms with van der Waals surface area (Å²) >= 11 is 0. The fourth-order valence-electron chi connectivity index (χ4n) is 3.80. The Morgan fingerprint density at radius 1 is 1.11 bits per heavy atom. The summed E-state index contributed by atoms with van der Waals surface area (Å²) in [5, 5.41) is 7.79. The topological polar surface area (TPSA) is 51.9 Å². The summed E-state index contributed by atoms with van der Waals surface area (Å²) in [4.78, 5) is 13.1. The molecule has 0 bridgehead atoms. The number of amides is 1. The Morgan fingerprint density at radius 3 is 2.61 bits per heavy atom. The average molecular weight is 374 g/mol. The van der Waals surface area contributed by atoms with Gasteiger partial charge in [-0.2, -0.15) is 5.10 Å². The van der Waals surface area contributed by atoms with Crippen LogP contribution in [0.2, 0.25) is 0 Å². The van der Waals surface area contributed by atoms with E-state index in [0.29, 0.717) is 12.1 Å². The number of aromatic nitrogens is 3. The highest BCUT2D eigenvalue weighted by atomic mass is 16.1. The highest BCUT2D eigenvalue weighted by molar-refractivity contribution is 5.98. The van der Waals surface area contributed by atoms with Crippen molar-refractivity contribution in [2.75, 3.05) is 6.54 Å². The SMILES string of the molecule is Cc1nn(-c2ccccc2)c(-n2cccc2)c1C(=O)NCCC1=CCCCC1. The van der Waals surface area contributed by atoms with Gasteiger partial charge in [-0.05, 0) is 63.3 Å². The molecule has 0 saturated carbocycles. The van der Waals surface area contributed by atoms with Crippen LogP contribution in [0.5, 0.6) is 0 Å². The summed E-state index contributed by atoms with van der Waals surface area (Å²) in [7, 11) is 0. The average Bonchev–Trinajstić information content (AvgIpc) is 3.37. The lowest BCUT2D eigenvalue weighted by Gasteiger charge is -2.14. The lowest BCUT2D eigenvalue weighted by molar-refractivity contribution is 0.0953. The van der Waals surface area contributed by atoms with Crippen LogP contribution >= 0.6 is 0 Å². The van der Waals surface area contributed by atoms with Crippen LogP contribution in [-0.2, 0) is 0 Å². The first-order valence-corrected chi connectivity index (χ1v) is 9.98. The van der Waals surface area contributed by atoms with E-state index < -0.39 is 0 Å². The molecule has 1 aliphatic rings. The molecule has 1 amide bonds. The van der Waals surface area contributed by atoms with Crippen molar-refractivity contribution in [1.82, 2.24) is 19.7 Å². The van der Waals surface area contributed by atoms with E-state index in [-0.39, 0.29) is 5.91 Å². The number of benzene rings is 1. The molecule has 0 fully saturated rings. The van der Waals surface area contributed by atoms with Crippen molar-refractivity contribution in [2.24, 2.45) is 0 Å². The summed E-state index contributed by atoms with van der Waals surface area (Å²) in [6.07, 6.45) is 12.0. The molecule has 5 nitrogen and oxygen atoms in total. The van der Waals surface area contributed by atoms with Crippen molar-refractivity contribution < 1.29 is 4.79 Å². The van der Waals surface area contributed by atoms with Crippen LogP contribution in [0.15, 0.2) is 66.5 Å². The van der Waals surface area contributed by atoms with Gasteiger partial charge in [0.2, 0.25) is 0 Å². The second-order valence-electron chi connectivity index (χ2n) is 7.24. The molecule has 2 heterocycles. The highest BCUT2D eigenvalue weighted by Gasteiger charge is 2.23. The van der Waals surface area contributed by atoms with Gasteiger partial charge in [0.15, 0.2) is 5.82 Å². The molecule has 1 aromatic carbocycles. The van der Waals surface area contributed by atoms with E-state index in [4.69, 9.17) is 0 Å². The van der Waals surface area contributed by atoms with Crippen molar-refractivity contribution >= 4 is 5.91 Å². The lowest BCUT2D eigenvalue weighted by atomic mass is 9.97. The van der Waals surface area contributed by atoms with Crippen LogP contribution in [0.3, 0.4) is 0 Å². The highest BCUT2D eigenvalue weighted by Crippen LogP contribution is 2.23. The third-order valence-corrected chi connectivity index (χ3v) is 5.23. The molecule has 28 heavy (non-hydrogen) atoms. The smallest absolute Gasteiger partial charge is 0.257 e. The third kappa shape index (κ3) is 3.79. The number of nitrogens with zero attached hydrogens (tertiary/aromatic N) is 3. The molecular formula is C23H26N4O. The van der Waals surface area contributed by atoms with E-state index in [1.54, 1.807) is 0 Å². The summed E-state index contributed by atoms with van der Waals surface area (Å²) < 4.78 is 3.79. The molecule has 3 aromatic rings. The number of hydrogen-bond donors (Lipinski definition) is 1. The molecule has 4 rings (SSSR count). The minimum atomic E-state index is -0.0696. The van der Waals surface area contributed by atoms with Crippen LogP contribution in [0, 0.1) is 6.92 Å². The van der Waals surface area contributed by atoms with Gasteiger partial charge >= 0.3 is 0 Å². The molecule has 0 aliphatic heterocycles. The Bertz CT molecular complexity index is 968. The number of rotatable bonds is 6. The summed E-state index contributed by atoms with van der Waals surface area (Å²) in [6.45, 7) is 2.55. The Labute approximate surface area is 165 Å². The summed E-state index contributed by atoms with van der Waals surface area (Å²) in [6, 6.07) is 13.8. The van der Waals surface area contributed by atoms with Crippen molar-refractivity contribution in [3.05, 3.63) is 77.8 Å². The van der Waals surface area contributed by atoms with Gasteiger partial charge in [-0.15, -0.1) is 0 Å². The molecule has 0 unspecified atom stereocenters. The van der Waals surface area contributed by atoms with E-state index in [1.165, 1.54) is 24.8 Å². The molecule has 0 spiro atoms. The molecule has 1 aliphatic carbocycles. The zero-order valence-electron chi connectivity index (χ0n) is 16.3. The van der Waals surface area contributed by atoms with Crippen molar-refractivity contribution in [1.29, 1.82) is 0 Å². The minimum Gasteiger partial charge on any atom is -0.352 e. The predicted molar refractivity (Wildman–Crippen MR) is 111 cm³/mol. The van der Waals surface area contributed by atoms with Crippen molar-refractivity contribution in [3.8, 4) is 11.5 Å². The Hall–Kier alpha value is -3.08. The second kappa shape index (κ2) is 8.30. The number of hydrogen-bond acceptors (Lipinski definition) is 2. The van der Waals surface area contributed by atoms with Crippen LogP contribution < -0.4 is 5.32 Å². The molecule has 0 atom stereocenters. The number of nitrogens with one attached hydrogen (secondary N) is 1. The van der Waals surface area contributed by atoms with Crippen LogP contribution in [0.25, 0.3) is 11.5 Å². The molecule has 0 saturated heterocycles. The van der Waals surface area contributed by atoms with Gasteiger partial charge in [0.05, 0.1) is 11.4 Å². The fraction of sp³-hybridized carbons (Fsp3) is 0.304. The largest absolute Gasteiger partial charge is 0.352 e. The first-order chi connectivity index (χ1) is 13.7. The van der Waals surface area contributed by atoms with E-state index in [0.717, 1.165) is 30.0 Å². The molecule has 2 aromatic heterocycles. The monoisotopic (exact) mass is 374 g/mol. The van der Waals surface area contributed by atoms with Crippen LogP contribution in [-0.4, -0.2) is 26.8 Å². The van der Waals surface area contributed by atoms with E-state index in [9.17, 15) is 4.79 Å². The van der Waals surface area contributed by atoms with Gasteiger partial charge in [0.1, 0.15) is 5.56 Å². The maximum atomic E-state index is 13.1. The van der Waals surface area contributed by atoms with Crippen LogP contribution in [0.4, 0.5) is 0 Å². The van der Waals surface area contributed by atoms with Crippen molar-refractivity contribution in [2.45, 2.75) is 39.0 Å². The van der Waals surface area contributed by atoms with E-state index in [1.807, 2.05) is 71.0 Å². The van der Waals surface area contributed by atoms with Crippen LogP contribution in [0.1, 0.15) is 48.2 Å². The van der Waals surface area contributed by atoms with Gasteiger partial charge in [0, 0.05) is 18.9 Å². The van der Waals surface area contributed by atoms with Gasteiger partial charge in [-0.25, -0.2) is 4.68 Å². The molecule has 1 N–H and O–H groups in total. The number of allylic oxidation sites excluding steroid dienone is 1. The normalized spacial score (nSPS) is 14.0. The molecule has 0 radical (unpaired) electrons. The maximum absolute atomic E-state index is 13.1. The number of carbonyl (C=O) groups excluding carboxylic acids is 1. The number of aryl methyl sites for hydroxylation is 1. The fourth-order valence-corrected chi connectivity index (χ4v) is 3.80. The first-order valence-electron chi connectivity index (χ1n) is 9.98. The van der Waals surface area contributed by atoms with Gasteiger partial charge in [0.25, 0.3) is 5.91 Å². The number of carbonyl (C=O) groups is 1. The standard InChI is InChI=1S/C23H26N4O/c1-18-21(22(28)24-15-14-19-10-4-2-5-11-19)23(26-16-8-9-17-26)27(25-18)20-12-6-3-7-13-20/h3,6-10,12-13,16-17H,2,4-5,11,14-15H2,1H3,(H,24,28). The van der Waals surface area contributed by atoms with Gasteiger partial charge < -0.3 is 9.88 Å². The van der Waals surface area contributed by atoms with E-state index in [2.05, 4.69) is 16.5 Å². The third-order valence-electron chi connectivity index (χ3n) is 5.23. The minimum absolute atomic E-state index is 0.0696. The van der Waals surface area contributed by atoms with Gasteiger partial charge in [-0.3, -0.25) is 4.79 Å². The molecule has 5 heteroatoms. The summed E-state index contributed by atoms with van der Waals surface area (Å²) in [5.41, 5.74) is 3.74. The zero-order valence-corrected chi connectivity index (χ0v) is 16.3. The quantitative estimate of drug-likeness (QED) is 0.642. The Balaban J connectivity index is 1.62. The summed E-state index contributed by atoms with van der Waals surface area (Å²) in [5.74, 6) is 0.697.